The van der Waals surface area contributed by atoms with Crippen molar-refractivity contribution in [3.63, 3.8) is 0 Å². The third-order valence-electron chi connectivity index (χ3n) is 5.27. The van der Waals surface area contributed by atoms with Crippen LogP contribution in [0.2, 0.25) is 0 Å². The number of ether oxygens (including phenoxy) is 2. The SMILES string of the molecule is COc1ccc(CN2C(=O)CC(C(=O)Nc3ccccc3)SC2=Nc2ccc(OC)cc2)cc1. The number of benzene rings is 3. The number of hydrogen-bond donors (Lipinski definition) is 1. The second-order valence-electron chi connectivity index (χ2n) is 7.59. The summed E-state index contributed by atoms with van der Waals surface area (Å²) >= 11 is 1.29. The van der Waals surface area contributed by atoms with E-state index in [4.69, 9.17) is 14.5 Å². The quantitative estimate of drug-likeness (QED) is 0.528. The van der Waals surface area contributed by atoms with E-state index in [1.807, 2.05) is 78.9 Å². The van der Waals surface area contributed by atoms with E-state index < -0.39 is 5.25 Å². The number of aliphatic imine (C=N–C) groups is 1. The van der Waals surface area contributed by atoms with Gasteiger partial charge in [0.25, 0.3) is 0 Å². The molecule has 1 atom stereocenters. The zero-order valence-electron chi connectivity index (χ0n) is 18.9. The monoisotopic (exact) mass is 475 g/mol. The van der Waals surface area contributed by atoms with Crippen molar-refractivity contribution in [1.82, 2.24) is 4.90 Å². The number of para-hydroxylation sites is 1. The standard InChI is InChI=1S/C26H25N3O4S/c1-32-21-12-8-18(9-13-21)17-29-24(30)16-23(25(31)27-19-6-4-3-5-7-19)34-26(29)28-20-10-14-22(33-2)15-11-20/h3-15,23H,16-17H2,1-2H3,(H,27,31). The molecule has 1 heterocycles. The number of amides is 2. The summed E-state index contributed by atoms with van der Waals surface area (Å²) in [7, 11) is 3.21. The highest BCUT2D eigenvalue weighted by Crippen LogP contribution is 2.31. The zero-order chi connectivity index (χ0) is 23.9. The number of methoxy groups -OCH3 is 2. The Morgan fingerprint density at radius 2 is 1.59 bits per heavy atom. The van der Waals surface area contributed by atoms with Crippen LogP contribution >= 0.6 is 11.8 Å². The fraction of sp³-hybridized carbons (Fsp3) is 0.192. The normalized spacial score (nSPS) is 16.9. The molecule has 0 aromatic heterocycles. The first kappa shape index (κ1) is 23.4. The Morgan fingerprint density at radius 1 is 0.971 bits per heavy atom. The minimum atomic E-state index is -0.586. The largest absolute Gasteiger partial charge is 0.497 e. The molecule has 0 saturated carbocycles. The van der Waals surface area contributed by atoms with Crippen LogP contribution in [0.1, 0.15) is 12.0 Å². The molecule has 1 aliphatic heterocycles. The fourth-order valence-corrected chi connectivity index (χ4v) is 4.52. The number of hydrogen-bond acceptors (Lipinski definition) is 6. The molecular weight excluding hydrogens is 450 g/mol. The molecule has 1 fully saturated rings. The van der Waals surface area contributed by atoms with Gasteiger partial charge in [0.15, 0.2) is 5.17 Å². The minimum Gasteiger partial charge on any atom is -0.497 e. The highest BCUT2D eigenvalue weighted by molar-refractivity contribution is 8.15. The third kappa shape index (κ3) is 5.77. The Bertz CT molecular complexity index is 1160. The van der Waals surface area contributed by atoms with E-state index in [0.717, 1.165) is 11.3 Å². The van der Waals surface area contributed by atoms with Crippen molar-refractivity contribution in [3.05, 3.63) is 84.4 Å². The van der Waals surface area contributed by atoms with Crippen LogP contribution in [-0.4, -0.2) is 41.4 Å². The van der Waals surface area contributed by atoms with Crippen LogP contribution in [0.15, 0.2) is 83.9 Å². The number of anilines is 1. The Morgan fingerprint density at radius 3 is 2.21 bits per heavy atom. The lowest BCUT2D eigenvalue weighted by molar-refractivity contribution is -0.129. The lowest BCUT2D eigenvalue weighted by atomic mass is 10.2. The second-order valence-corrected chi connectivity index (χ2v) is 8.76. The molecule has 34 heavy (non-hydrogen) atoms. The van der Waals surface area contributed by atoms with Crippen molar-refractivity contribution < 1.29 is 19.1 Å². The number of nitrogens with one attached hydrogen (secondary N) is 1. The zero-order valence-corrected chi connectivity index (χ0v) is 19.7. The van der Waals surface area contributed by atoms with Crippen molar-refractivity contribution in [2.24, 2.45) is 4.99 Å². The summed E-state index contributed by atoms with van der Waals surface area (Å²) in [6.07, 6.45) is 0.0844. The first-order chi connectivity index (χ1) is 16.6. The maximum Gasteiger partial charge on any atom is 0.238 e. The van der Waals surface area contributed by atoms with Crippen LogP contribution in [0, 0.1) is 0 Å². The van der Waals surface area contributed by atoms with Gasteiger partial charge in [0.2, 0.25) is 11.8 Å². The molecule has 0 spiro atoms. The smallest absolute Gasteiger partial charge is 0.238 e. The van der Waals surface area contributed by atoms with E-state index >= 15 is 0 Å². The highest BCUT2D eigenvalue weighted by Gasteiger charge is 2.36. The summed E-state index contributed by atoms with van der Waals surface area (Å²) in [5, 5.41) is 2.78. The van der Waals surface area contributed by atoms with Crippen molar-refractivity contribution >= 4 is 40.1 Å². The van der Waals surface area contributed by atoms with E-state index in [-0.39, 0.29) is 18.2 Å². The summed E-state index contributed by atoms with van der Waals surface area (Å²) < 4.78 is 10.4. The van der Waals surface area contributed by atoms with E-state index in [0.29, 0.717) is 28.8 Å². The molecule has 174 valence electrons. The van der Waals surface area contributed by atoms with Crippen molar-refractivity contribution in [2.45, 2.75) is 18.2 Å². The van der Waals surface area contributed by atoms with Gasteiger partial charge < -0.3 is 14.8 Å². The highest BCUT2D eigenvalue weighted by atomic mass is 32.2. The predicted molar refractivity (Wildman–Crippen MR) is 135 cm³/mol. The van der Waals surface area contributed by atoms with Gasteiger partial charge in [-0.3, -0.25) is 14.5 Å². The van der Waals surface area contributed by atoms with Crippen LogP contribution in [0.4, 0.5) is 11.4 Å². The summed E-state index contributed by atoms with van der Waals surface area (Å²) in [5.41, 5.74) is 2.29. The summed E-state index contributed by atoms with van der Waals surface area (Å²) in [5.74, 6) is 1.07. The molecule has 0 bridgehead atoms. The van der Waals surface area contributed by atoms with Crippen LogP contribution < -0.4 is 14.8 Å². The summed E-state index contributed by atoms with van der Waals surface area (Å²) in [6.45, 7) is 0.345. The number of amidine groups is 1. The molecule has 1 aliphatic rings. The molecule has 8 heteroatoms. The van der Waals surface area contributed by atoms with Gasteiger partial charge in [-0.2, -0.15) is 0 Å². The number of carbonyl (C=O) groups is 2. The van der Waals surface area contributed by atoms with Gasteiger partial charge >= 0.3 is 0 Å². The Balaban J connectivity index is 1.59. The third-order valence-corrected chi connectivity index (χ3v) is 6.46. The molecule has 2 amide bonds. The number of carbonyl (C=O) groups excluding carboxylic acids is 2. The van der Waals surface area contributed by atoms with Crippen molar-refractivity contribution in [1.29, 1.82) is 0 Å². The second kappa shape index (κ2) is 10.9. The molecule has 1 unspecified atom stereocenters. The maximum atomic E-state index is 13.2. The van der Waals surface area contributed by atoms with Crippen molar-refractivity contribution in [3.8, 4) is 11.5 Å². The molecule has 1 saturated heterocycles. The topological polar surface area (TPSA) is 80.2 Å². The molecule has 3 aromatic rings. The number of thioether (sulfide) groups is 1. The average molecular weight is 476 g/mol. The van der Waals surface area contributed by atoms with E-state index in [1.165, 1.54) is 11.8 Å². The first-order valence-corrected chi connectivity index (χ1v) is 11.6. The number of rotatable bonds is 7. The Kier molecular flexibility index (Phi) is 7.49. The van der Waals surface area contributed by atoms with Gasteiger partial charge in [0, 0.05) is 12.1 Å². The summed E-state index contributed by atoms with van der Waals surface area (Å²) in [4.78, 5) is 32.5. The van der Waals surface area contributed by atoms with Crippen LogP contribution in [0.3, 0.4) is 0 Å². The summed E-state index contributed by atoms with van der Waals surface area (Å²) in [6, 6.07) is 24.0. The molecule has 0 radical (unpaired) electrons. The minimum absolute atomic E-state index is 0.0844. The van der Waals surface area contributed by atoms with Gasteiger partial charge in [0.1, 0.15) is 16.7 Å². The van der Waals surface area contributed by atoms with Gasteiger partial charge in [-0.25, -0.2) is 4.99 Å². The molecule has 1 N–H and O–H groups in total. The van der Waals surface area contributed by atoms with E-state index in [9.17, 15) is 9.59 Å². The Labute approximate surface area is 202 Å². The molecule has 0 aliphatic carbocycles. The van der Waals surface area contributed by atoms with E-state index in [1.54, 1.807) is 19.1 Å². The predicted octanol–water partition coefficient (Wildman–Crippen LogP) is 4.86. The van der Waals surface area contributed by atoms with Crippen LogP contribution in [-0.2, 0) is 16.1 Å². The van der Waals surface area contributed by atoms with E-state index in [2.05, 4.69) is 5.32 Å². The fourth-order valence-electron chi connectivity index (χ4n) is 3.42. The maximum absolute atomic E-state index is 13.2. The average Bonchev–Trinajstić information content (AvgIpc) is 2.87. The van der Waals surface area contributed by atoms with Crippen molar-refractivity contribution in [2.75, 3.05) is 19.5 Å². The van der Waals surface area contributed by atoms with Gasteiger partial charge in [0.05, 0.1) is 26.5 Å². The molecule has 3 aromatic carbocycles. The lowest BCUT2D eigenvalue weighted by Gasteiger charge is -2.32. The van der Waals surface area contributed by atoms with Gasteiger partial charge in [-0.15, -0.1) is 0 Å². The lowest BCUT2D eigenvalue weighted by Crippen LogP contribution is -2.44. The van der Waals surface area contributed by atoms with Gasteiger partial charge in [-0.05, 0) is 54.1 Å². The molecule has 4 rings (SSSR count). The van der Waals surface area contributed by atoms with Crippen LogP contribution in [0.25, 0.3) is 0 Å². The molecular formula is C26H25N3O4S. The first-order valence-electron chi connectivity index (χ1n) is 10.7. The molecule has 7 nitrogen and oxygen atoms in total. The van der Waals surface area contributed by atoms with Crippen LogP contribution in [0.5, 0.6) is 11.5 Å². The van der Waals surface area contributed by atoms with Gasteiger partial charge in [-0.1, -0.05) is 42.1 Å². The number of nitrogens with zero attached hydrogens (tertiary/aromatic N) is 2. The Hall–Kier alpha value is -3.78.